The molecule has 9 heteroatoms. The van der Waals surface area contributed by atoms with E-state index < -0.39 is 26.9 Å². The topological polar surface area (TPSA) is 110 Å². The fourth-order valence-corrected chi connectivity index (χ4v) is 4.02. The number of nitro benzene ring substituents is 1. The van der Waals surface area contributed by atoms with E-state index in [1.54, 1.807) is 43.3 Å². The van der Waals surface area contributed by atoms with Gasteiger partial charge in [0.25, 0.3) is 5.69 Å². The van der Waals surface area contributed by atoms with Crippen LogP contribution < -0.4 is 9.62 Å². The van der Waals surface area contributed by atoms with Gasteiger partial charge in [0.2, 0.25) is 15.9 Å². The number of sulfonamides is 1. The molecule has 1 N–H and O–H groups in total. The number of anilines is 2. The van der Waals surface area contributed by atoms with Gasteiger partial charge in [-0.3, -0.25) is 19.2 Å². The number of rotatable bonds is 7. The van der Waals surface area contributed by atoms with Crippen molar-refractivity contribution in [3.8, 4) is 0 Å². The average Bonchev–Trinajstić information content (AvgIpc) is 2.60. The average molecular weight is 391 g/mol. The van der Waals surface area contributed by atoms with E-state index in [2.05, 4.69) is 5.32 Å². The third-order valence-corrected chi connectivity index (χ3v) is 5.28. The van der Waals surface area contributed by atoms with Gasteiger partial charge in [0.1, 0.15) is 6.04 Å². The third kappa shape index (κ3) is 4.62. The van der Waals surface area contributed by atoms with Crippen LogP contribution in [-0.2, 0) is 14.8 Å². The molecule has 0 fully saturated rings. The summed E-state index contributed by atoms with van der Waals surface area (Å²) >= 11 is 0. The van der Waals surface area contributed by atoms with Gasteiger partial charge >= 0.3 is 0 Å². The minimum Gasteiger partial charge on any atom is -0.324 e. The molecule has 0 aromatic heterocycles. The highest BCUT2D eigenvalue weighted by Crippen LogP contribution is 2.27. The highest BCUT2D eigenvalue weighted by atomic mass is 32.2. The van der Waals surface area contributed by atoms with E-state index in [1.165, 1.54) is 19.1 Å². The minimum atomic E-state index is -3.73. The number of nitro groups is 1. The first kappa shape index (κ1) is 20.4. The Bertz CT molecular complexity index is 945. The predicted molar refractivity (Wildman–Crippen MR) is 104 cm³/mol. The van der Waals surface area contributed by atoms with E-state index in [0.717, 1.165) is 10.6 Å². The van der Waals surface area contributed by atoms with E-state index in [4.69, 9.17) is 0 Å². The van der Waals surface area contributed by atoms with Crippen molar-refractivity contribution in [2.75, 3.05) is 15.9 Å². The maximum Gasteiger partial charge on any atom is 0.274 e. The zero-order chi connectivity index (χ0) is 20.2. The molecule has 2 rings (SSSR count). The van der Waals surface area contributed by atoms with Gasteiger partial charge in [0.05, 0.1) is 28.1 Å². The molecule has 144 valence electrons. The number of hydrogen-bond donors (Lipinski definition) is 1. The van der Waals surface area contributed by atoms with Crippen LogP contribution in [0.4, 0.5) is 17.1 Å². The van der Waals surface area contributed by atoms with Crippen LogP contribution in [0, 0.1) is 17.0 Å². The van der Waals surface area contributed by atoms with Crippen LogP contribution >= 0.6 is 0 Å². The van der Waals surface area contributed by atoms with Crippen molar-refractivity contribution in [2.24, 2.45) is 0 Å². The Kier molecular flexibility index (Phi) is 6.17. The molecule has 0 aliphatic carbocycles. The van der Waals surface area contributed by atoms with E-state index in [9.17, 15) is 23.3 Å². The molecule has 0 saturated heterocycles. The van der Waals surface area contributed by atoms with E-state index in [-0.39, 0.29) is 17.8 Å². The Hall–Kier alpha value is -2.94. The third-order valence-electron chi connectivity index (χ3n) is 4.10. The second-order valence-corrected chi connectivity index (χ2v) is 7.87. The largest absolute Gasteiger partial charge is 0.324 e. The molecule has 0 aliphatic heterocycles. The summed E-state index contributed by atoms with van der Waals surface area (Å²) in [5, 5.41) is 13.7. The molecule has 27 heavy (non-hydrogen) atoms. The molecular weight excluding hydrogens is 370 g/mol. The summed E-state index contributed by atoms with van der Waals surface area (Å²) in [6, 6.07) is 11.7. The lowest BCUT2D eigenvalue weighted by Crippen LogP contribution is -2.47. The standard InChI is InChI=1S/C18H21N3O5S/c1-4-16(20(27(3,25)26)14-9-6-5-7-10-14)18(22)19-15-11-8-12-17(13(15)2)21(23)24/h5-12,16H,4H2,1-3H3,(H,19,22)/t16-/m1/s1. The summed E-state index contributed by atoms with van der Waals surface area (Å²) in [5.41, 5.74) is 0.826. The monoisotopic (exact) mass is 391 g/mol. The summed E-state index contributed by atoms with van der Waals surface area (Å²) in [4.78, 5) is 23.4. The van der Waals surface area contributed by atoms with Crippen LogP contribution in [0.5, 0.6) is 0 Å². The summed E-state index contributed by atoms with van der Waals surface area (Å²) in [5.74, 6) is -0.560. The van der Waals surface area contributed by atoms with Crippen LogP contribution in [0.2, 0.25) is 0 Å². The van der Waals surface area contributed by atoms with Crippen molar-refractivity contribution < 1.29 is 18.1 Å². The van der Waals surface area contributed by atoms with Gasteiger partial charge < -0.3 is 5.32 Å². The highest BCUT2D eigenvalue weighted by Gasteiger charge is 2.32. The zero-order valence-corrected chi connectivity index (χ0v) is 16.1. The van der Waals surface area contributed by atoms with Crippen molar-refractivity contribution in [1.29, 1.82) is 0 Å². The molecule has 0 bridgehead atoms. The minimum absolute atomic E-state index is 0.121. The Labute approximate surface area is 158 Å². The van der Waals surface area contributed by atoms with E-state index in [1.807, 2.05) is 0 Å². The van der Waals surface area contributed by atoms with E-state index in [0.29, 0.717) is 11.3 Å². The first-order valence-electron chi connectivity index (χ1n) is 8.26. The summed E-state index contributed by atoms with van der Waals surface area (Å²) in [6.45, 7) is 3.23. The number of amides is 1. The molecule has 0 aliphatic rings. The first-order valence-corrected chi connectivity index (χ1v) is 10.1. The number of carbonyl (C=O) groups excluding carboxylic acids is 1. The molecule has 0 heterocycles. The Morgan fingerprint density at radius 1 is 1.19 bits per heavy atom. The van der Waals surface area contributed by atoms with Crippen LogP contribution in [0.1, 0.15) is 18.9 Å². The summed E-state index contributed by atoms with van der Waals surface area (Å²) < 4.78 is 25.8. The zero-order valence-electron chi connectivity index (χ0n) is 15.2. The molecule has 0 unspecified atom stereocenters. The second-order valence-electron chi connectivity index (χ2n) is 6.01. The molecule has 0 spiro atoms. The van der Waals surface area contributed by atoms with E-state index >= 15 is 0 Å². The summed E-state index contributed by atoms with van der Waals surface area (Å²) in [7, 11) is -3.73. The maximum absolute atomic E-state index is 12.9. The second kappa shape index (κ2) is 8.17. The number of para-hydroxylation sites is 1. The molecule has 1 amide bonds. The van der Waals surface area contributed by atoms with Crippen molar-refractivity contribution in [3.05, 3.63) is 64.2 Å². The number of hydrogen-bond acceptors (Lipinski definition) is 5. The van der Waals surface area contributed by atoms with Crippen molar-refractivity contribution in [2.45, 2.75) is 26.3 Å². The molecule has 0 radical (unpaired) electrons. The Balaban J connectivity index is 2.40. The number of benzene rings is 2. The van der Waals surface area contributed by atoms with Crippen LogP contribution in [-0.4, -0.2) is 31.5 Å². The fourth-order valence-electron chi connectivity index (χ4n) is 2.81. The fraction of sp³-hybridized carbons (Fsp3) is 0.278. The van der Waals surface area contributed by atoms with Gasteiger partial charge in [-0.2, -0.15) is 0 Å². The van der Waals surface area contributed by atoms with Crippen molar-refractivity contribution in [3.63, 3.8) is 0 Å². The molecule has 2 aromatic rings. The Morgan fingerprint density at radius 2 is 1.81 bits per heavy atom. The van der Waals surface area contributed by atoms with Gasteiger partial charge in [-0.15, -0.1) is 0 Å². The van der Waals surface area contributed by atoms with Gasteiger partial charge in [0.15, 0.2) is 0 Å². The van der Waals surface area contributed by atoms with Gasteiger partial charge in [-0.1, -0.05) is 31.2 Å². The van der Waals surface area contributed by atoms with Crippen LogP contribution in [0.25, 0.3) is 0 Å². The normalized spacial score (nSPS) is 12.3. The molecule has 1 atom stereocenters. The van der Waals surface area contributed by atoms with Crippen LogP contribution in [0.15, 0.2) is 48.5 Å². The lowest BCUT2D eigenvalue weighted by Gasteiger charge is -2.30. The lowest BCUT2D eigenvalue weighted by molar-refractivity contribution is -0.385. The van der Waals surface area contributed by atoms with Crippen molar-refractivity contribution in [1.82, 2.24) is 0 Å². The SMILES string of the molecule is CC[C@H](C(=O)Nc1cccc([N+](=O)[O-])c1C)N(c1ccccc1)S(C)(=O)=O. The molecule has 0 saturated carbocycles. The quantitative estimate of drug-likeness (QED) is 0.576. The predicted octanol–water partition coefficient (Wildman–Crippen LogP) is 3.09. The van der Waals surface area contributed by atoms with Gasteiger partial charge in [-0.05, 0) is 31.5 Å². The van der Waals surface area contributed by atoms with Gasteiger partial charge in [-0.25, -0.2) is 8.42 Å². The molecule has 2 aromatic carbocycles. The lowest BCUT2D eigenvalue weighted by atomic mass is 10.1. The maximum atomic E-state index is 12.9. The first-order chi connectivity index (χ1) is 12.7. The summed E-state index contributed by atoms with van der Waals surface area (Å²) in [6.07, 6.45) is 1.26. The number of carbonyl (C=O) groups is 1. The van der Waals surface area contributed by atoms with Crippen molar-refractivity contribution >= 4 is 33.0 Å². The van der Waals surface area contributed by atoms with Gasteiger partial charge in [0, 0.05) is 6.07 Å². The molecular formula is C18H21N3O5S. The van der Waals surface area contributed by atoms with Crippen LogP contribution in [0.3, 0.4) is 0 Å². The number of nitrogens with one attached hydrogen (secondary N) is 1. The highest BCUT2D eigenvalue weighted by molar-refractivity contribution is 7.92. The molecule has 8 nitrogen and oxygen atoms in total. The number of nitrogens with zero attached hydrogens (tertiary/aromatic N) is 2. The smallest absolute Gasteiger partial charge is 0.274 e. The Morgan fingerprint density at radius 3 is 2.33 bits per heavy atom.